The lowest BCUT2D eigenvalue weighted by Crippen LogP contribution is -2.38. The van der Waals surface area contributed by atoms with Crippen LogP contribution in [0, 0.1) is 17.2 Å². The van der Waals surface area contributed by atoms with Crippen LogP contribution in [-0.4, -0.2) is 19.0 Å². The molecule has 100 valence electrons. The van der Waals surface area contributed by atoms with Crippen molar-refractivity contribution < 1.29 is 4.79 Å². The molecule has 0 radical (unpaired) electrons. The highest BCUT2D eigenvalue weighted by molar-refractivity contribution is 5.80. The van der Waals surface area contributed by atoms with E-state index in [4.69, 9.17) is 5.26 Å². The molecule has 0 aliphatic carbocycles. The molecule has 1 aliphatic rings. The Hall–Kier alpha value is -2.02. The molecular formula is C15H19N3O. The van der Waals surface area contributed by atoms with Crippen molar-refractivity contribution in [3.8, 4) is 6.07 Å². The molecule has 2 N–H and O–H groups in total. The summed E-state index contributed by atoms with van der Waals surface area (Å²) in [5.41, 5.74) is 2.35. The van der Waals surface area contributed by atoms with E-state index >= 15 is 0 Å². The first-order valence-electron chi connectivity index (χ1n) is 6.77. The Labute approximate surface area is 113 Å². The number of hydrogen-bond donors (Lipinski definition) is 2. The van der Waals surface area contributed by atoms with Gasteiger partial charge in [0.1, 0.15) is 0 Å². The van der Waals surface area contributed by atoms with E-state index in [9.17, 15) is 4.79 Å². The lowest BCUT2D eigenvalue weighted by atomic mass is 9.93. The van der Waals surface area contributed by atoms with E-state index < -0.39 is 0 Å². The molecule has 0 saturated heterocycles. The summed E-state index contributed by atoms with van der Waals surface area (Å²) in [6.07, 6.45) is 3.08. The summed E-state index contributed by atoms with van der Waals surface area (Å²) in [5.74, 6) is 0.116. The Bertz CT molecular complexity index is 479. The van der Waals surface area contributed by atoms with Crippen molar-refractivity contribution in [2.24, 2.45) is 5.92 Å². The summed E-state index contributed by atoms with van der Waals surface area (Å²) < 4.78 is 0. The molecular weight excluding hydrogens is 238 g/mol. The van der Waals surface area contributed by atoms with E-state index in [1.54, 1.807) is 0 Å². The van der Waals surface area contributed by atoms with Crippen LogP contribution in [0.25, 0.3) is 0 Å². The van der Waals surface area contributed by atoms with Crippen molar-refractivity contribution in [1.29, 1.82) is 5.26 Å². The van der Waals surface area contributed by atoms with E-state index in [0.717, 1.165) is 24.9 Å². The second-order valence-electron chi connectivity index (χ2n) is 4.85. The standard InChI is InChI=1S/C15H19N3O/c16-8-4-1-5-9-17-15(19)13-10-12-6-2-3-7-14(12)18-11-13/h2-3,6-7,13,18H,1,4-5,9-11H2,(H,17,19). The molecule has 2 rings (SSSR count). The molecule has 0 saturated carbocycles. The van der Waals surface area contributed by atoms with E-state index in [-0.39, 0.29) is 11.8 Å². The normalized spacial score (nSPS) is 16.9. The molecule has 0 fully saturated rings. The number of benzene rings is 1. The van der Waals surface area contributed by atoms with Gasteiger partial charge in [-0.1, -0.05) is 18.2 Å². The first-order chi connectivity index (χ1) is 9.31. The number of carbonyl (C=O) groups excluding carboxylic acids is 1. The van der Waals surface area contributed by atoms with Crippen molar-refractivity contribution >= 4 is 11.6 Å². The van der Waals surface area contributed by atoms with Crippen LogP contribution in [0.2, 0.25) is 0 Å². The maximum atomic E-state index is 12.0. The maximum Gasteiger partial charge on any atom is 0.225 e. The second kappa shape index (κ2) is 6.79. The van der Waals surface area contributed by atoms with Crippen molar-refractivity contribution in [1.82, 2.24) is 5.32 Å². The Morgan fingerprint density at radius 3 is 3.11 bits per heavy atom. The van der Waals surface area contributed by atoms with Crippen molar-refractivity contribution in [3.05, 3.63) is 29.8 Å². The van der Waals surface area contributed by atoms with Crippen LogP contribution in [0.5, 0.6) is 0 Å². The molecule has 0 aromatic heterocycles. The number of nitrogens with zero attached hydrogens (tertiary/aromatic N) is 1. The first-order valence-corrected chi connectivity index (χ1v) is 6.77. The summed E-state index contributed by atoms with van der Waals surface area (Å²) >= 11 is 0. The molecule has 1 unspecified atom stereocenters. The van der Waals surface area contributed by atoms with Gasteiger partial charge in [0.05, 0.1) is 12.0 Å². The Morgan fingerprint density at radius 1 is 1.42 bits per heavy atom. The van der Waals surface area contributed by atoms with Crippen LogP contribution >= 0.6 is 0 Å². The zero-order valence-electron chi connectivity index (χ0n) is 11.0. The Kier molecular flexibility index (Phi) is 4.79. The van der Waals surface area contributed by atoms with Gasteiger partial charge < -0.3 is 10.6 Å². The number of nitriles is 1. The van der Waals surface area contributed by atoms with Gasteiger partial charge in [-0.05, 0) is 30.9 Å². The van der Waals surface area contributed by atoms with E-state index in [2.05, 4.69) is 22.8 Å². The zero-order chi connectivity index (χ0) is 13.5. The molecule has 0 bridgehead atoms. The molecule has 4 nitrogen and oxygen atoms in total. The molecule has 1 amide bonds. The number of nitrogens with one attached hydrogen (secondary N) is 2. The van der Waals surface area contributed by atoms with Crippen molar-refractivity contribution in [2.75, 3.05) is 18.4 Å². The highest BCUT2D eigenvalue weighted by Crippen LogP contribution is 2.24. The molecule has 0 spiro atoms. The topological polar surface area (TPSA) is 64.9 Å². The number of unbranched alkanes of at least 4 members (excludes halogenated alkanes) is 2. The molecule has 19 heavy (non-hydrogen) atoms. The molecule has 1 aromatic rings. The summed E-state index contributed by atoms with van der Waals surface area (Å²) in [6.45, 7) is 1.36. The van der Waals surface area contributed by atoms with Crippen LogP contribution < -0.4 is 10.6 Å². The molecule has 1 heterocycles. The third-order valence-electron chi connectivity index (χ3n) is 3.41. The van der Waals surface area contributed by atoms with Gasteiger partial charge >= 0.3 is 0 Å². The maximum absolute atomic E-state index is 12.0. The fourth-order valence-corrected chi connectivity index (χ4v) is 2.31. The third-order valence-corrected chi connectivity index (χ3v) is 3.41. The Morgan fingerprint density at radius 2 is 2.26 bits per heavy atom. The predicted molar refractivity (Wildman–Crippen MR) is 74.6 cm³/mol. The minimum absolute atomic E-state index is 0.00543. The summed E-state index contributed by atoms with van der Waals surface area (Å²) in [4.78, 5) is 12.0. The number of hydrogen-bond acceptors (Lipinski definition) is 3. The smallest absolute Gasteiger partial charge is 0.225 e. The fraction of sp³-hybridized carbons (Fsp3) is 0.467. The molecule has 4 heteroatoms. The minimum Gasteiger partial charge on any atom is -0.384 e. The number of para-hydroxylation sites is 1. The highest BCUT2D eigenvalue weighted by Gasteiger charge is 2.23. The third kappa shape index (κ3) is 3.72. The van der Waals surface area contributed by atoms with Crippen LogP contribution in [-0.2, 0) is 11.2 Å². The number of fused-ring (bicyclic) bond motifs is 1. The monoisotopic (exact) mass is 257 g/mol. The Balaban J connectivity index is 1.78. The van der Waals surface area contributed by atoms with Crippen LogP contribution in [0.1, 0.15) is 24.8 Å². The average molecular weight is 257 g/mol. The molecule has 1 atom stereocenters. The number of anilines is 1. The lowest BCUT2D eigenvalue weighted by Gasteiger charge is -2.25. The van der Waals surface area contributed by atoms with Gasteiger partial charge in [0.25, 0.3) is 0 Å². The fourth-order valence-electron chi connectivity index (χ4n) is 2.31. The average Bonchev–Trinajstić information content (AvgIpc) is 2.46. The summed E-state index contributed by atoms with van der Waals surface area (Å²) in [7, 11) is 0. The van der Waals surface area contributed by atoms with E-state index in [1.807, 2.05) is 18.2 Å². The van der Waals surface area contributed by atoms with Crippen molar-refractivity contribution in [3.63, 3.8) is 0 Å². The van der Waals surface area contributed by atoms with Gasteiger partial charge in [-0.3, -0.25) is 4.79 Å². The predicted octanol–water partition coefficient (Wildman–Crippen LogP) is 2.08. The highest BCUT2D eigenvalue weighted by atomic mass is 16.1. The van der Waals surface area contributed by atoms with Gasteiger partial charge in [-0.25, -0.2) is 0 Å². The van der Waals surface area contributed by atoms with Gasteiger partial charge in [-0.15, -0.1) is 0 Å². The van der Waals surface area contributed by atoms with Gasteiger partial charge in [0.15, 0.2) is 0 Å². The zero-order valence-corrected chi connectivity index (χ0v) is 11.0. The quantitative estimate of drug-likeness (QED) is 0.794. The van der Waals surface area contributed by atoms with Gasteiger partial charge in [-0.2, -0.15) is 5.26 Å². The minimum atomic E-state index is 0.00543. The van der Waals surface area contributed by atoms with Gasteiger partial charge in [0.2, 0.25) is 5.91 Å². The number of rotatable bonds is 5. The number of carbonyl (C=O) groups is 1. The van der Waals surface area contributed by atoms with Gasteiger partial charge in [0, 0.05) is 25.2 Å². The lowest BCUT2D eigenvalue weighted by molar-refractivity contribution is -0.124. The summed E-state index contributed by atoms with van der Waals surface area (Å²) in [6, 6.07) is 10.2. The SMILES string of the molecule is N#CCCCCNC(=O)C1CNc2ccccc2C1. The van der Waals surface area contributed by atoms with E-state index in [1.165, 1.54) is 5.56 Å². The largest absolute Gasteiger partial charge is 0.384 e. The second-order valence-corrected chi connectivity index (χ2v) is 4.85. The van der Waals surface area contributed by atoms with Crippen LogP contribution in [0.3, 0.4) is 0 Å². The number of amides is 1. The van der Waals surface area contributed by atoms with Crippen LogP contribution in [0.15, 0.2) is 24.3 Å². The molecule has 1 aromatic carbocycles. The van der Waals surface area contributed by atoms with E-state index in [0.29, 0.717) is 19.5 Å². The van der Waals surface area contributed by atoms with Crippen LogP contribution in [0.4, 0.5) is 5.69 Å². The first kappa shape index (κ1) is 13.4. The molecule has 1 aliphatic heterocycles. The summed E-state index contributed by atoms with van der Waals surface area (Å²) in [5, 5.41) is 14.7. The van der Waals surface area contributed by atoms with Crippen molar-refractivity contribution in [2.45, 2.75) is 25.7 Å².